The molecule has 3 fully saturated rings. The predicted molar refractivity (Wildman–Crippen MR) is 69.3 cm³/mol. The van der Waals surface area contributed by atoms with Crippen LogP contribution in [-0.4, -0.2) is 49.7 Å². The molecular weight excluding hydrogens is 228 g/mol. The SMILES string of the molecule is O=C(COC1CCNCC1)N1CC2CCCC2C1. The second-order valence-corrected chi connectivity index (χ2v) is 6.01. The van der Waals surface area contributed by atoms with Gasteiger partial charge < -0.3 is 15.0 Å². The Morgan fingerprint density at radius 1 is 1.11 bits per heavy atom. The van der Waals surface area contributed by atoms with Crippen LogP contribution in [0, 0.1) is 11.8 Å². The van der Waals surface area contributed by atoms with E-state index in [1.54, 1.807) is 0 Å². The second-order valence-electron chi connectivity index (χ2n) is 6.01. The number of piperidine rings is 1. The van der Waals surface area contributed by atoms with Gasteiger partial charge in [-0.2, -0.15) is 0 Å². The lowest BCUT2D eigenvalue weighted by atomic mass is 10.0. The minimum atomic E-state index is 0.211. The number of rotatable bonds is 3. The van der Waals surface area contributed by atoms with Gasteiger partial charge in [-0.05, 0) is 50.6 Å². The van der Waals surface area contributed by atoms with Crippen molar-refractivity contribution in [2.45, 2.75) is 38.2 Å². The van der Waals surface area contributed by atoms with Gasteiger partial charge in [0, 0.05) is 13.1 Å². The topological polar surface area (TPSA) is 41.6 Å². The molecule has 1 amide bonds. The van der Waals surface area contributed by atoms with E-state index in [2.05, 4.69) is 5.32 Å². The molecular formula is C14H24N2O2. The molecule has 0 aromatic rings. The molecule has 0 aromatic carbocycles. The number of fused-ring (bicyclic) bond motifs is 1. The normalized spacial score (nSPS) is 32.8. The summed E-state index contributed by atoms with van der Waals surface area (Å²) in [6.45, 7) is 4.31. The highest BCUT2D eigenvalue weighted by atomic mass is 16.5. The van der Waals surface area contributed by atoms with Gasteiger partial charge in [-0.25, -0.2) is 0 Å². The van der Waals surface area contributed by atoms with Crippen LogP contribution in [-0.2, 0) is 9.53 Å². The first-order valence-corrected chi connectivity index (χ1v) is 7.43. The van der Waals surface area contributed by atoms with Crippen molar-refractivity contribution < 1.29 is 9.53 Å². The molecule has 2 atom stereocenters. The molecule has 2 heterocycles. The van der Waals surface area contributed by atoms with E-state index >= 15 is 0 Å². The van der Waals surface area contributed by atoms with E-state index in [-0.39, 0.29) is 12.0 Å². The molecule has 1 aliphatic carbocycles. The Morgan fingerprint density at radius 3 is 2.44 bits per heavy atom. The number of hydrogen-bond donors (Lipinski definition) is 1. The number of ether oxygens (including phenoxy) is 1. The Kier molecular flexibility index (Phi) is 3.85. The van der Waals surface area contributed by atoms with Gasteiger partial charge in [0.05, 0.1) is 6.10 Å². The first-order chi connectivity index (χ1) is 8.83. The Hall–Kier alpha value is -0.610. The van der Waals surface area contributed by atoms with Gasteiger partial charge >= 0.3 is 0 Å². The van der Waals surface area contributed by atoms with E-state index in [9.17, 15) is 4.79 Å². The molecule has 1 saturated carbocycles. The van der Waals surface area contributed by atoms with Crippen LogP contribution >= 0.6 is 0 Å². The highest BCUT2D eigenvalue weighted by Crippen LogP contribution is 2.37. The van der Waals surface area contributed by atoms with Gasteiger partial charge in [0.15, 0.2) is 0 Å². The van der Waals surface area contributed by atoms with Crippen LogP contribution in [0.15, 0.2) is 0 Å². The maximum Gasteiger partial charge on any atom is 0.248 e. The van der Waals surface area contributed by atoms with E-state index in [0.717, 1.165) is 50.9 Å². The molecule has 4 nitrogen and oxygen atoms in total. The molecule has 0 aromatic heterocycles. The highest BCUT2D eigenvalue weighted by molar-refractivity contribution is 5.77. The first kappa shape index (κ1) is 12.4. The molecule has 1 N–H and O–H groups in total. The average Bonchev–Trinajstić information content (AvgIpc) is 2.98. The zero-order chi connectivity index (χ0) is 12.4. The van der Waals surface area contributed by atoms with Crippen LogP contribution in [0.1, 0.15) is 32.1 Å². The van der Waals surface area contributed by atoms with Gasteiger partial charge in [0.1, 0.15) is 6.61 Å². The molecule has 4 heteroatoms. The summed E-state index contributed by atoms with van der Waals surface area (Å²) in [6, 6.07) is 0. The lowest BCUT2D eigenvalue weighted by molar-refractivity contribution is -0.138. The van der Waals surface area contributed by atoms with Gasteiger partial charge in [0.2, 0.25) is 5.91 Å². The van der Waals surface area contributed by atoms with Crippen molar-refractivity contribution >= 4 is 5.91 Å². The monoisotopic (exact) mass is 252 g/mol. The van der Waals surface area contributed by atoms with E-state index < -0.39 is 0 Å². The van der Waals surface area contributed by atoms with Crippen LogP contribution in [0.5, 0.6) is 0 Å². The zero-order valence-corrected chi connectivity index (χ0v) is 11.1. The molecule has 2 saturated heterocycles. The Bertz CT molecular complexity index is 290. The van der Waals surface area contributed by atoms with Gasteiger partial charge in [-0.1, -0.05) is 6.42 Å². The summed E-state index contributed by atoms with van der Waals surface area (Å²) in [5, 5.41) is 3.31. The van der Waals surface area contributed by atoms with Crippen LogP contribution in [0.2, 0.25) is 0 Å². The summed E-state index contributed by atoms with van der Waals surface area (Å²) in [7, 11) is 0. The van der Waals surface area contributed by atoms with Crippen molar-refractivity contribution in [2.24, 2.45) is 11.8 Å². The lowest BCUT2D eigenvalue weighted by Crippen LogP contribution is -2.37. The van der Waals surface area contributed by atoms with Crippen LogP contribution in [0.4, 0.5) is 0 Å². The molecule has 3 aliphatic rings. The number of amides is 1. The fraction of sp³-hybridized carbons (Fsp3) is 0.929. The van der Waals surface area contributed by atoms with Crippen molar-refractivity contribution in [2.75, 3.05) is 32.8 Å². The summed E-state index contributed by atoms with van der Waals surface area (Å²) in [4.78, 5) is 14.1. The van der Waals surface area contributed by atoms with Gasteiger partial charge in [0.25, 0.3) is 0 Å². The maximum absolute atomic E-state index is 12.1. The summed E-state index contributed by atoms with van der Waals surface area (Å²) >= 11 is 0. The molecule has 0 radical (unpaired) electrons. The Morgan fingerprint density at radius 2 is 1.78 bits per heavy atom. The lowest BCUT2D eigenvalue weighted by Gasteiger charge is -2.24. The third-order valence-electron chi connectivity index (χ3n) is 4.81. The fourth-order valence-electron chi connectivity index (χ4n) is 3.68. The first-order valence-electron chi connectivity index (χ1n) is 7.43. The van der Waals surface area contributed by atoms with E-state index in [4.69, 9.17) is 4.74 Å². The minimum absolute atomic E-state index is 0.211. The molecule has 18 heavy (non-hydrogen) atoms. The summed E-state index contributed by atoms with van der Waals surface area (Å²) < 4.78 is 5.75. The molecule has 2 aliphatic heterocycles. The maximum atomic E-state index is 12.1. The average molecular weight is 252 g/mol. The van der Waals surface area contributed by atoms with E-state index in [1.807, 2.05) is 4.90 Å². The second kappa shape index (κ2) is 5.57. The predicted octanol–water partition coefficient (Wildman–Crippen LogP) is 1.01. The number of hydrogen-bond acceptors (Lipinski definition) is 3. The highest BCUT2D eigenvalue weighted by Gasteiger charge is 2.37. The minimum Gasteiger partial charge on any atom is -0.368 e. The molecule has 102 valence electrons. The van der Waals surface area contributed by atoms with Crippen molar-refractivity contribution in [3.05, 3.63) is 0 Å². The standard InChI is InChI=1S/C14H24N2O2/c17-14(10-18-13-4-6-15-7-5-13)16-8-11-2-1-3-12(11)9-16/h11-13,15H,1-10H2. The van der Waals surface area contributed by atoms with Crippen molar-refractivity contribution in [3.8, 4) is 0 Å². The van der Waals surface area contributed by atoms with Crippen LogP contribution in [0.3, 0.4) is 0 Å². The van der Waals surface area contributed by atoms with Gasteiger partial charge in [-0.15, -0.1) is 0 Å². The van der Waals surface area contributed by atoms with Gasteiger partial charge in [-0.3, -0.25) is 4.79 Å². The number of likely N-dealkylation sites (tertiary alicyclic amines) is 1. The van der Waals surface area contributed by atoms with Crippen LogP contribution < -0.4 is 5.32 Å². The third kappa shape index (κ3) is 2.69. The fourth-order valence-corrected chi connectivity index (χ4v) is 3.68. The molecule has 0 bridgehead atoms. The Balaban J connectivity index is 1.41. The molecule has 0 spiro atoms. The molecule has 2 unspecified atom stereocenters. The quantitative estimate of drug-likeness (QED) is 0.815. The Labute approximate surface area is 109 Å². The summed E-state index contributed by atoms with van der Waals surface area (Å²) in [5.41, 5.74) is 0. The van der Waals surface area contributed by atoms with Crippen LogP contribution in [0.25, 0.3) is 0 Å². The van der Waals surface area contributed by atoms with Crippen molar-refractivity contribution in [1.82, 2.24) is 10.2 Å². The van der Waals surface area contributed by atoms with E-state index in [0.29, 0.717) is 6.61 Å². The van der Waals surface area contributed by atoms with Crippen molar-refractivity contribution in [3.63, 3.8) is 0 Å². The number of carbonyl (C=O) groups is 1. The summed E-state index contributed by atoms with van der Waals surface area (Å²) in [6.07, 6.45) is 6.38. The summed E-state index contributed by atoms with van der Waals surface area (Å²) in [5.74, 6) is 1.78. The van der Waals surface area contributed by atoms with Crippen molar-refractivity contribution in [1.29, 1.82) is 0 Å². The van der Waals surface area contributed by atoms with E-state index in [1.165, 1.54) is 19.3 Å². The third-order valence-corrected chi connectivity index (χ3v) is 4.81. The smallest absolute Gasteiger partial charge is 0.248 e. The number of nitrogens with one attached hydrogen (secondary N) is 1. The molecule has 3 rings (SSSR count). The number of carbonyl (C=O) groups excluding carboxylic acids is 1. The largest absolute Gasteiger partial charge is 0.368 e. The number of nitrogens with zero attached hydrogens (tertiary/aromatic N) is 1. The zero-order valence-electron chi connectivity index (χ0n) is 11.1.